The number of fused-ring (bicyclic) bond motifs is 1. The number of hydrogen-bond donors (Lipinski definition) is 1. The molecule has 2 rings (SSSR count). The first-order valence-corrected chi connectivity index (χ1v) is 5.66. The number of nitrogens with one attached hydrogen (secondary N) is 1. The lowest BCUT2D eigenvalue weighted by Gasteiger charge is -2.09. The summed E-state index contributed by atoms with van der Waals surface area (Å²) < 4.78 is 0. The highest BCUT2D eigenvalue weighted by Gasteiger charge is 2.11. The molecule has 1 aromatic heterocycles. The molecule has 0 radical (unpaired) electrons. The molecule has 1 aromatic carbocycles. The maximum absolute atomic E-state index is 11.9. The van der Waals surface area contributed by atoms with E-state index < -0.39 is 6.04 Å². The van der Waals surface area contributed by atoms with Gasteiger partial charge in [0.1, 0.15) is 6.04 Å². The van der Waals surface area contributed by atoms with E-state index in [-0.39, 0.29) is 5.91 Å². The smallest absolute Gasteiger partial charge is 0.252 e. The lowest BCUT2D eigenvalue weighted by Crippen LogP contribution is -2.33. The maximum atomic E-state index is 11.9. The standard InChI is InChI=1S/C13H12N4O/c1-2-10(8-14)17-13(18)9-3-4-11-12(7-9)16-6-5-15-11/h3-7,10H,2H2,1H3,(H,17,18). The molecular weight excluding hydrogens is 228 g/mol. The summed E-state index contributed by atoms with van der Waals surface area (Å²) in [6.07, 6.45) is 3.76. The van der Waals surface area contributed by atoms with Gasteiger partial charge in [-0.15, -0.1) is 0 Å². The number of amides is 1. The molecule has 5 heteroatoms. The van der Waals surface area contributed by atoms with Gasteiger partial charge in [-0.25, -0.2) is 0 Å². The first kappa shape index (κ1) is 12.0. The van der Waals surface area contributed by atoms with Crippen LogP contribution in [-0.2, 0) is 0 Å². The number of carbonyl (C=O) groups excluding carboxylic acids is 1. The summed E-state index contributed by atoms with van der Waals surface area (Å²) in [4.78, 5) is 20.2. The zero-order valence-corrected chi connectivity index (χ0v) is 9.92. The van der Waals surface area contributed by atoms with Crippen molar-refractivity contribution in [3.8, 4) is 6.07 Å². The van der Waals surface area contributed by atoms with Crippen LogP contribution in [0.2, 0.25) is 0 Å². The Morgan fingerprint density at radius 1 is 1.39 bits per heavy atom. The van der Waals surface area contributed by atoms with Crippen LogP contribution >= 0.6 is 0 Å². The Hall–Kier alpha value is -2.48. The zero-order chi connectivity index (χ0) is 13.0. The fraction of sp³-hybridized carbons (Fsp3) is 0.231. The molecule has 1 heterocycles. The molecule has 0 aliphatic carbocycles. The Morgan fingerprint density at radius 2 is 2.11 bits per heavy atom. The van der Waals surface area contributed by atoms with Crippen LogP contribution in [0.5, 0.6) is 0 Å². The third kappa shape index (κ3) is 2.43. The molecule has 18 heavy (non-hydrogen) atoms. The molecule has 5 nitrogen and oxygen atoms in total. The number of nitrogens with zero attached hydrogens (tertiary/aromatic N) is 3. The van der Waals surface area contributed by atoms with Crippen LogP contribution in [0, 0.1) is 11.3 Å². The highest BCUT2D eigenvalue weighted by Crippen LogP contribution is 2.11. The van der Waals surface area contributed by atoms with Gasteiger partial charge in [0.05, 0.1) is 17.1 Å². The SMILES string of the molecule is CCC(C#N)NC(=O)c1ccc2nccnc2c1. The average Bonchev–Trinajstić information content (AvgIpc) is 2.44. The molecule has 1 atom stereocenters. The van der Waals surface area contributed by atoms with E-state index in [0.29, 0.717) is 17.5 Å². The van der Waals surface area contributed by atoms with Gasteiger partial charge in [0.2, 0.25) is 0 Å². The number of hydrogen-bond acceptors (Lipinski definition) is 4. The molecule has 1 unspecified atom stereocenters. The fourth-order valence-electron chi connectivity index (χ4n) is 1.57. The van der Waals surface area contributed by atoms with Crippen molar-refractivity contribution in [2.45, 2.75) is 19.4 Å². The number of carbonyl (C=O) groups is 1. The van der Waals surface area contributed by atoms with Crippen molar-refractivity contribution in [3.05, 3.63) is 36.2 Å². The molecule has 0 saturated carbocycles. The van der Waals surface area contributed by atoms with Crippen LogP contribution < -0.4 is 5.32 Å². The van der Waals surface area contributed by atoms with Crippen molar-refractivity contribution in [3.63, 3.8) is 0 Å². The van der Waals surface area contributed by atoms with E-state index in [2.05, 4.69) is 15.3 Å². The lowest BCUT2D eigenvalue weighted by molar-refractivity contribution is 0.0945. The molecule has 0 aliphatic heterocycles. The van der Waals surface area contributed by atoms with E-state index in [9.17, 15) is 4.79 Å². The molecule has 0 saturated heterocycles. The van der Waals surface area contributed by atoms with Gasteiger partial charge in [0.15, 0.2) is 0 Å². The molecule has 1 N–H and O–H groups in total. The molecule has 0 fully saturated rings. The van der Waals surface area contributed by atoms with Gasteiger partial charge in [0.25, 0.3) is 5.91 Å². The fourth-order valence-corrected chi connectivity index (χ4v) is 1.57. The van der Waals surface area contributed by atoms with Gasteiger partial charge in [-0.3, -0.25) is 14.8 Å². The van der Waals surface area contributed by atoms with Crippen molar-refractivity contribution in [2.24, 2.45) is 0 Å². The summed E-state index contributed by atoms with van der Waals surface area (Å²) in [5.74, 6) is -0.268. The zero-order valence-electron chi connectivity index (χ0n) is 9.92. The summed E-state index contributed by atoms with van der Waals surface area (Å²) in [7, 11) is 0. The maximum Gasteiger partial charge on any atom is 0.252 e. The lowest BCUT2D eigenvalue weighted by atomic mass is 10.1. The second kappa shape index (κ2) is 5.23. The average molecular weight is 240 g/mol. The number of benzene rings is 1. The third-order valence-electron chi connectivity index (χ3n) is 2.60. The van der Waals surface area contributed by atoms with Crippen LogP contribution in [0.1, 0.15) is 23.7 Å². The van der Waals surface area contributed by atoms with Crippen LogP contribution in [0.15, 0.2) is 30.6 Å². The predicted octanol–water partition coefficient (Wildman–Crippen LogP) is 1.66. The molecule has 2 aromatic rings. The Balaban J connectivity index is 2.26. The first-order valence-electron chi connectivity index (χ1n) is 5.66. The van der Waals surface area contributed by atoms with E-state index in [0.717, 1.165) is 5.52 Å². The van der Waals surface area contributed by atoms with Crippen LogP contribution in [0.3, 0.4) is 0 Å². The Morgan fingerprint density at radius 3 is 2.78 bits per heavy atom. The van der Waals surface area contributed by atoms with E-state index in [1.165, 1.54) is 0 Å². The molecular formula is C13H12N4O. The minimum Gasteiger partial charge on any atom is -0.336 e. The number of aromatic nitrogens is 2. The van der Waals surface area contributed by atoms with Crippen molar-refractivity contribution in [1.29, 1.82) is 5.26 Å². The van der Waals surface area contributed by atoms with Gasteiger partial charge < -0.3 is 5.32 Å². The highest BCUT2D eigenvalue weighted by molar-refractivity contribution is 5.97. The van der Waals surface area contributed by atoms with Gasteiger partial charge in [0, 0.05) is 18.0 Å². The molecule has 0 aliphatic rings. The third-order valence-corrected chi connectivity index (χ3v) is 2.60. The van der Waals surface area contributed by atoms with Crippen molar-refractivity contribution >= 4 is 16.9 Å². The van der Waals surface area contributed by atoms with Crippen LogP contribution in [0.4, 0.5) is 0 Å². The van der Waals surface area contributed by atoms with Gasteiger partial charge in [-0.1, -0.05) is 6.92 Å². The second-order valence-electron chi connectivity index (χ2n) is 3.82. The second-order valence-corrected chi connectivity index (χ2v) is 3.82. The summed E-state index contributed by atoms with van der Waals surface area (Å²) in [5.41, 5.74) is 1.88. The Labute approximate surface area is 104 Å². The van der Waals surface area contributed by atoms with E-state index in [4.69, 9.17) is 5.26 Å². The summed E-state index contributed by atoms with van der Waals surface area (Å²) >= 11 is 0. The van der Waals surface area contributed by atoms with Crippen molar-refractivity contribution in [1.82, 2.24) is 15.3 Å². The number of nitriles is 1. The van der Waals surface area contributed by atoms with Crippen LogP contribution in [-0.4, -0.2) is 21.9 Å². The topological polar surface area (TPSA) is 78.7 Å². The normalized spacial score (nSPS) is 11.8. The molecule has 0 spiro atoms. The summed E-state index contributed by atoms with van der Waals surface area (Å²) in [5, 5.41) is 11.5. The quantitative estimate of drug-likeness (QED) is 0.884. The van der Waals surface area contributed by atoms with Crippen LogP contribution in [0.25, 0.3) is 11.0 Å². The minimum atomic E-state index is -0.463. The predicted molar refractivity (Wildman–Crippen MR) is 66.7 cm³/mol. The van der Waals surface area contributed by atoms with Gasteiger partial charge in [-0.2, -0.15) is 5.26 Å². The molecule has 1 amide bonds. The summed E-state index contributed by atoms with van der Waals surface area (Å²) in [6, 6.07) is 6.65. The van der Waals surface area contributed by atoms with Crippen molar-refractivity contribution < 1.29 is 4.79 Å². The molecule has 90 valence electrons. The van der Waals surface area contributed by atoms with Gasteiger partial charge >= 0.3 is 0 Å². The molecule has 0 bridgehead atoms. The highest BCUT2D eigenvalue weighted by atomic mass is 16.1. The first-order chi connectivity index (χ1) is 8.74. The minimum absolute atomic E-state index is 0.268. The largest absolute Gasteiger partial charge is 0.336 e. The van der Waals surface area contributed by atoms with E-state index >= 15 is 0 Å². The van der Waals surface area contributed by atoms with E-state index in [1.807, 2.05) is 13.0 Å². The Bertz CT molecular complexity index is 618. The van der Waals surface area contributed by atoms with E-state index in [1.54, 1.807) is 30.6 Å². The van der Waals surface area contributed by atoms with Gasteiger partial charge in [-0.05, 0) is 24.6 Å². The monoisotopic (exact) mass is 240 g/mol. The summed E-state index contributed by atoms with van der Waals surface area (Å²) in [6.45, 7) is 1.85. The number of rotatable bonds is 3. The Kier molecular flexibility index (Phi) is 3.49. The van der Waals surface area contributed by atoms with Crippen molar-refractivity contribution in [2.75, 3.05) is 0 Å².